The molecule has 0 bridgehead atoms. The maximum atomic E-state index is 13.0. The van der Waals surface area contributed by atoms with Crippen molar-refractivity contribution in [2.24, 2.45) is 0 Å². The van der Waals surface area contributed by atoms with E-state index in [1.807, 2.05) is 35.7 Å². The van der Waals surface area contributed by atoms with E-state index in [2.05, 4.69) is 22.0 Å². The number of rotatable bonds is 3. The van der Waals surface area contributed by atoms with Gasteiger partial charge >= 0.3 is 24.3 Å². The molecule has 5 rings (SSSR count). The smallest absolute Gasteiger partial charge is 0.475 e. The Bertz CT molecular complexity index is 1420. The SMILES string of the molecule is O=C(O)C(F)(F)F.O=C(O)C(F)(F)F.O=S1(=O)c2ccc(-c3cccs3)cc2C2CN(Cc3ccncc3)CC21. The van der Waals surface area contributed by atoms with Gasteiger partial charge in [0.2, 0.25) is 0 Å². The van der Waals surface area contributed by atoms with Crippen LogP contribution in [0.3, 0.4) is 0 Å². The van der Waals surface area contributed by atoms with Gasteiger partial charge < -0.3 is 10.2 Å². The number of sulfone groups is 1. The Balaban J connectivity index is 0.000000263. The number of pyridine rings is 1. The molecule has 2 N–H and O–H groups in total. The molecule has 0 aliphatic carbocycles. The summed E-state index contributed by atoms with van der Waals surface area (Å²) in [6.07, 6.45) is -6.60. The average molecular weight is 611 g/mol. The molecule has 216 valence electrons. The van der Waals surface area contributed by atoms with Crippen molar-refractivity contribution in [2.75, 3.05) is 13.1 Å². The number of carboxylic acids is 2. The van der Waals surface area contributed by atoms with Crippen LogP contribution < -0.4 is 0 Å². The van der Waals surface area contributed by atoms with Crippen molar-refractivity contribution in [3.05, 3.63) is 71.4 Å². The normalized spacial score (nSPS) is 19.4. The Labute approximate surface area is 227 Å². The van der Waals surface area contributed by atoms with Gasteiger partial charge in [0.25, 0.3) is 0 Å². The molecule has 8 nitrogen and oxygen atoms in total. The van der Waals surface area contributed by atoms with Crippen LogP contribution >= 0.6 is 11.3 Å². The number of fused-ring (bicyclic) bond motifs is 3. The summed E-state index contributed by atoms with van der Waals surface area (Å²) in [7, 11) is -3.24. The van der Waals surface area contributed by atoms with E-state index in [9.17, 15) is 34.8 Å². The van der Waals surface area contributed by atoms with E-state index in [4.69, 9.17) is 19.8 Å². The molecule has 2 atom stereocenters. The minimum atomic E-state index is -5.08. The third-order valence-electron chi connectivity index (χ3n) is 5.90. The summed E-state index contributed by atoms with van der Waals surface area (Å²) >= 11 is 1.68. The number of hydrogen-bond acceptors (Lipinski definition) is 7. The zero-order chi connectivity index (χ0) is 29.9. The van der Waals surface area contributed by atoms with E-state index in [0.717, 1.165) is 24.2 Å². The van der Waals surface area contributed by atoms with E-state index in [1.165, 1.54) is 10.4 Å². The van der Waals surface area contributed by atoms with Crippen LogP contribution in [0.25, 0.3) is 10.4 Å². The molecule has 1 saturated heterocycles. The van der Waals surface area contributed by atoms with E-state index >= 15 is 0 Å². The van der Waals surface area contributed by atoms with Gasteiger partial charge in [-0.2, -0.15) is 26.3 Å². The summed E-state index contributed by atoms with van der Waals surface area (Å²) < 4.78 is 89.5. The highest BCUT2D eigenvalue weighted by atomic mass is 32.2. The van der Waals surface area contributed by atoms with Gasteiger partial charge in [0, 0.05) is 42.8 Å². The number of nitrogens with zero attached hydrogens (tertiary/aromatic N) is 2. The molecule has 0 radical (unpaired) electrons. The second-order valence-corrected chi connectivity index (χ2v) is 11.7. The van der Waals surface area contributed by atoms with Crippen LogP contribution in [0.5, 0.6) is 0 Å². The molecule has 0 spiro atoms. The van der Waals surface area contributed by atoms with Gasteiger partial charge in [-0.15, -0.1) is 11.3 Å². The first-order valence-electron chi connectivity index (χ1n) is 11.1. The maximum absolute atomic E-state index is 13.0. The predicted molar refractivity (Wildman–Crippen MR) is 130 cm³/mol. The predicted octanol–water partition coefficient (Wildman–Crippen LogP) is 4.83. The van der Waals surface area contributed by atoms with Gasteiger partial charge in [0.05, 0.1) is 10.1 Å². The van der Waals surface area contributed by atoms with Crippen molar-refractivity contribution in [3.8, 4) is 10.4 Å². The number of halogens is 6. The van der Waals surface area contributed by atoms with Crippen molar-refractivity contribution in [1.82, 2.24) is 9.88 Å². The number of thiophene rings is 1. The van der Waals surface area contributed by atoms with Crippen molar-refractivity contribution in [1.29, 1.82) is 0 Å². The first kappa shape index (κ1) is 31.0. The summed E-state index contributed by atoms with van der Waals surface area (Å²) in [4.78, 5) is 25.8. The lowest BCUT2D eigenvalue weighted by atomic mass is 9.96. The van der Waals surface area contributed by atoms with E-state index < -0.39 is 34.1 Å². The molecule has 4 heterocycles. The van der Waals surface area contributed by atoms with Crippen LogP contribution in [0.15, 0.2) is 65.1 Å². The number of aromatic nitrogens is 1. The second kappa shape index (κ2) is 11.9. The summed E-state index contributed by atoms with van der Waals surface area (Å²) in [5, 5.41) is 16.0. The van der Waals surface area contributed by atoms with Crippen LogP contribution in [-0.4, -0.2) is 71.1 Å². The molecule has 2 aliphatic heterocycles. The zero-order valence-corrected chi connectivity index (χ0v) is 21.7. The molecule has 2 aromatic heterocycles. The minimum Gasteiger partial charge on any atom is -0.475 e. The Morgan fingerprint density at radius 3 is 2.02 bits per heavy atom. The average Bonchev–Trinajstić information content (AvgIpc) is 3.58. The van der Waals surface area contributed by atoms with Crippen LogP contribution in [-0.2, 0) is 26.0 Å². The topological polar surface area (TPSA) is 125 Å². The van der Waals surface area contributed by atoms with Gasteiger partial charge in [0.15, 0.2) is 9.84 Å². The van der Waals surface area contributed by atoms with E-state index in [0.29, 0.717) is 11.4 Å². The second-order valence-electron chi connectivity index (χ2n) is 8.58. The number of benzene rings is 1. The highest BCUT2D eigenvalue weighted by Crippen LogP contribution is 2.46. The minimum absolute atomic E-state index is 0.0664. The molecule has 0 saturated carbocycles. The number of carboxylic acid groups (broad SMARTS) is 2. The number of likely N-dealkylation sites (tertiary alicyclic amines) is 1. The van der Waals surface area contributed by atoms with Gasteiger partial charge in [0.1, 0.15) is 0 Å². The van der Waals surface area contributed by atoms with Gasteiger partial charge in [-0.25, -0.2) is 18.0 Å². The van der Waals surface area contributed by atoms with Crippen molar-refractivity contribution in [2.45, 2.75) is 35.0 Å². The molecule has 2 unspecified atom stereocenters. The molecule has 1 aromatic carbocycles. The van der Waals surface area contributed by atoms with Gasteiger partial charge in [-0.05, 0) is 52.4 Å². The van der Waals surface area contributed by atoms with Crippen molar-refractivity contribution in [3.63, 3.8) is 0 Å². The van der Waals surface area contributed by atoms with Gasteiger partial charge in [-0.3, -0.25) is 9.88 Å². The Hall–Kier alpha value is -3.50. The third-order valence-corrected chi connectivity index (χ3v) is 9.08. The van der Waals surface area contributed by atoms with Crippen LogP contribution in [0, 0.1) is 0 Å². The molecular formula is C24H20F6N2O6S2. The van der Waals surface area contributed by atoms with Crippen molar-refractivity contribution < 1.29 is 54.6 Å². The van der Waals surface area contributed by atoms with E-state index in [1.54, 1.807) is 23.7 Å². The molecule has 1 fully saturated rings. The molecule has 2 aliphatic rings. The molecule has 16 heteroatoms. The Morgan fingerprint density at radius 1 is 0.950 bits per heavy atom. The quantitative estimate of drug-likeness (QED) is 0.404. The number of carbonyl (C=O) groups is 2. The fraction of sp³-hybridized carbons (Fsp3) is 0.292. The fourth-order valence-electron chi connectivity index (χ4n) is 4.20. The standard InChI is InChI=1S/C20H18N2O2S2.2C2HF3O2/c23-26(24)19-4-3-15(18-2-1-9-25-18)10-16(19)17-12-22(13-20(17)26)11-14-5-7-21-8-6-14;2*3-2(4,5)1(6)7/h1-10,17,20H,11-13H2;2*(H,6,7). The summed E-state index contributed by atoms with van der Waals surface area (Å²) in [6, 6.07) is 13.9. The first-order valence-corrected chi connectivity index (χ1v) is 13.6. The van der Waals surface area contributed by atoms with Crippen LogP contribution in [0.1, 0.15) is 17.0 Å². The Morgan fingerprint density at radius 2 is 1.52 bits per heavy atom. The number of alkyl halides is 6. The lowest BCUT2D eigenvalue weighted by molar-refractivity contribution is -0.193. The zero-order valence-electron chi connectivity index (χ0n) is 20.1. The molecular weight excluding hydrogens is 590 g/mol. The highest BCUT2D eigenvalue weighted by molar-refractivity contribution is 7.92. The Kier molecular flexibility index (Phi) is 9.26. The van der Waals surface area contributed by atoms with Crippen LogP contribution in [0.2, 0.25) is 0 Å². The molecule has 0 amide bonds. The fourth-order valence-corrected chi connectivity index (χ4v) is 7.12. The maximum Gasteiger partial charge on any atom is 0.490 e. The highest BCUT2D eigenvalue weighted by Gasteiger charge is 2.50. The largest absolute Gasteiger partial charge is 0.490 e. The summed E-state index contributed by atoms with van der Waals surface area (Å²) in [6.45, 7) is 2.15. The third kappa shape index (κ3) is 7.37. The summed E-state index contributed by atoms with van der Waals surface area (Å²) in [5.41, 5.74) is 3.28. The van der Waals surface area contributed by atoms with Gasteiger partial charge in [-0.1, -0.05) is 12.1 Å². The number of hydrogen-bond donors (Lipinski definition) is 2. The molecule has 40 heavy (non-hydrogen) atoms. The van der Waals surface area contributed by atoms with Crippen LogP contribution in [0.4, 0.5) is 26.3 Å². The number of aliphatic carboxylic acids is 2. The summed E-state index contributed by atoms with van der Waals surface area (Å²) in [5.74, 6) is -5.45. The molecule has 3 aromatic rings. The lowest BCUT2D eigenvalue weighted by Gasteiger charge is -2.17. The first-order chi connectivity index (χ1) is 18.5. The monoisotopic (exact) mass is 610 g/mol. The van der Waals surface area contributed by atoms with E-state index in [-0.39, 0.29) is 11.2 Å². The lowest BCUT2D eigenvalue weighted by Crippen LogP contribution is -2.25. The van der Waals surface area contributed by atoms with Crippen molar-refractivity contribution >= 4 is 33.1 Å².